The van der Waals surface area contributed by atoms with E-state index in [-0.39, 0.29) is 5.54 Å². The summed E-state index contributed by atoms with van der Waals surface area (Å²) in [4.78, 5) is 4.16. The molecule has 0 spiro atoms. The van der Waals surface area contributed by atoms with Gasteiger partial charge < -0.3 is 15.0 Å². The summed E-state index contributed by atoms with van der Waals surface area (Å²) in [6.07, 6.45) is 5.51. The molecule has 0 atom stereocenters. The minimum Gasteiger partial charge on any atom is -0.381 e. The number of nitrogens with zero attached hydrogens (tertiary/aromatic N) is 2. The predicted molar refractivity (Wildman–Crippen MR) is 53.8 cm³/mol. The molecule has 2 heterocycles. The average molecular weight is 195 g/mol. The molecular formula is C10H17N3O. The van der Waals surface area contributed by atoms with Gasteiger partial charge in [-0.2, -0.15) is 0 Å². The first-order valence-electron chi connectivity index (χ1n) is 5.13. The number of imidazole rings is 1. The summed E-state index contributed by atoms with van der Waals surface area (Å²) in [6.45, 7) is 4.54. The SMILES string of the molecule is CCn1cncc1C1(N)CCOCC1. The van der Waals surface area contributed by atoms with E-state index in [1.807, 2.05) is 12.5 Å². The van der Waals surface area contributed by atoms with Crippen LogP contribution in [0.25, 0.3) is 0 Å². The van der Waals surface area contributed by atoms with E-state index in [0.717, 1.165) is 38.3 Å². The minimum absolute atomic E-state index is 0.231. The lowest BCUT2D eigenvalue weighted by Gasteiger charge is -2.33. The first kappa shape index (κ1) is 9.68. The van der Waals surface area contributed by atoms with Crippen LogP contribution >= 0.6 is 0 Å². The number of hydrogen-bond donors (Lipinski definition) is 1. The maximum absolute atomic E-state index is 6.36. The number of rotatable bonds is 2. The van der Waals surface area contributed by atoms with Crippen LogP contribution < -0.4 is 5.73 Å². The molecule has 1 saturated heterocycles. The third-order valence-corrected chi connectivity index (χ3v) is 2.95. The Morgan fingerprint density at radius 3 is 2.93 bits per heavy atom. The zero-order chi connectivity index (χ0) is 10.0. The van der Waals surface area contributed by atoms with E-state index < -0.39 is 0 Å². The fraction of sp³-hybridized carbons (Fsp3) is 0.700. The monoisotopic (exact) mass is 195 g/mol. The van der Waals surface area contributed by atoms with Crippen LogP contribution in [-0.4, -0.2) is 22.8 Å². The van der Waals surface area contributed by atoms with E-state index >= 15 is 0 Å². The summed E-state index contributed by atoms with van der Waals surface area (Å²) in [5.41, 5.74) is 7.27. The highest BCUT2D eigenvalue weighted by atomic mass is 16.5. The van der Waals surface area contributed by atoms with Gasteiger partial charge in [-0.3, -0.25) is 0 Å². The van der Waals surface area contributed by atoms with Crippen molar-refractivity contribution in [3.8, 4) is 0 Å². The molecule has 0 radical (unpaired) electrons. The normalized spacial score (nSPS) is 21.0. The summed E-state index contributed by atoms with van der Waals surface area (Å²) < 4.78 is 7.44. The van der Waals surface area contributed by atoms with Crippen molar-refractivity contribution in [1.82, 2.24) is 9.55 Å². The topological polar surface area (TPSA) is 53.1 Å². The highest BCUT2D eigenvalue weighted by Crippen LogP contribution is 2.28. The molecule has 0 unspecified atom stereocenters. The standard InChI is InChI=1S/C10H17N3O/c1-2-13-8-12-7-9(13)10(11)3-5-14-6-4-10/h7-8H,2-6,11H2,1H3. The molecule has 1 aliphatic heterocycles. The summed E-state index contributed by atoms with van der Waals surface area (Å²) in [5, 5.41) is 0. The Morgan fingerprint density at radius 2 is 2.29 bits per heavy atom. The molecule has 4 heteroatoms. The van der Waals surface area contributed by atoms with Crippen molar-refractivity contribution in [2.24, 2.45) is 5.73 Å². The smallest absolute Gasteiger partial charge is 0.0948 e. The number of aromatic nitrogens is 2. The molecule has 2 rings (SSSR count). The second kappa shape index (κ2) is 3.71. The van der Waals surface area contributed by atoms with Gasteiger partial charge in [-0.1, -0.05) is 0 Å². The predicted octanol–water partition coefficient (Wildman–Crippen LogP) is 0.867. The largest absolute Gasteiger partial charge is 0.381 e. The molecule has 1 aromatic rings. The molecule has 2 N–H and O–H groups in total. The van der Waals surface area contributed by atoms with Gasteiger partial charge >= 0.3 is 0 Å². The van der Waals surface area contributed by atoms with Crippen molar-refractivity contribution < 1.29 is 4.74 Å². The molecule has 1 aromatic heterocycles. The molecule has 4 nitrogen and oxygen atoms in total. The summed E-state index contributed by atoms with van der Waals surface area (Å²) in [6, 6.07) is 0. The van der Waals surface area contributed by atoms with Crippen molar-refractivity contribution in [3.63, 3.8) is 0 Å². The van der Waals surface area contributed by atoms with Gasteiger partial charge in [0.05, 0.1) is 23.8 Å². The third-order valence-electron chi connectivity index (χ3n) is 2.95. The van der Waals surface area contributed by atoms with Crippen LogP contribution in [0.3, 0.4) is 0 Å². The van der Waals surface area contributed by atoms with Gasteiger partial charge in [-0.05, 0) is 19.8 Å². The van der Waals surface area contributed by atoms with Crippen molar-refractivity contribution in [2.75, 3.05) is 13.2 Å². The van der Waals surface area contributed by atoms with Crippen molar-refractivity contribution >= 4 is 0 Å². The molecule has 0 bridgehead atoms. The highest BCUT2D eigenvalue weighted by molar-refractivity contribution is 5.13. The first-order valence-corrected chi connectivity index (χ1v) is 5.13. The second-order valence-corrected chi connectivity index (χ2v) is 3.83. The average Bonchev–Trinajstić information content (AvgIpc) is 2.67. The number of hydrogen-bond acceptors (Lipinski definition) is 3. The van der Waals surface area contributed by atoms with E-state index in [4.69, 9.17) is 10.5 Å². The summed E-state index contributed by atoms with van der Waals surface area (Å²) >= 11 is 0. The van der Waals surface area contributed by atoms with Gasteiger partial charge in [0.2, 0.25) is 0 Å². The fourth-order valence-electron chi connectivity index (χ4n) is 1.98. The Bertz CT molecular complexity index is 302. The summed E-state index contributed by atoms with van der Waals surface area (Å²) in [5.74, 6) is 0. The Kier molecular flexibility index (Phi) is 2.56. The van der Waals surface area contributed by atoms with Gasteiger partial charge in [-0.25, -0.2) is 4.98 Å². The third kappa shape index (κ3) is 1.55. The Balaban J connectivity index is 2.27. The minimum atomic E-state index is -0.231. The van der Waals surface area contributed by atoms with E-state index in [0.29, 0.717) is 0 Å². The van der Waals surface area contributed by atoms with Crippen LogP contribution in [0, 0.1) is 0 Å². The van der Waals surface area contributed by atoms with E-state index in [1.165, 1.54) is 0 Å². The quantitative estimate of drug-likeness (QED) is 0.761. The van der Waals surface area contributed by atoms with Gasteiger partial charge in [0, 0.05) is 19.8 Å². The number of ether oxygens (including phenoxy) is 1. The fourth-order valence-corrected chi connectivity index (χ4v) is 1.98. The molecule has 0 aliphatic carbocycles. The first-order chi connectivity index (χ1) is 6.76. The Hall–Kier alpha value is -0.870. The molecule has 1 aliphatic rings. The van der Waals surface area contributed by atoms with Crippen LogP contribution in [0.2, 0.25) is 0 Å². The van der Waals surface area contributed by atoms with Crippen LogP contribution in [0.4, 0.5) is 0 Å². The Labute approximate surface area is 84.1 Å². The van der Waals surface area contributed by atoms with Crippen LogP contribution in [0.1, 0.15) is 25.5 Å². The number of aryl methyl sites for hydroxylation is 1. The lowest BCUT2D eigenvalue weighted by atomic mass is 9.88. The lowest BCUT2D eigenvalue weighted by Crippen LogP contribution is -2.43. The molecule has 1 fully saturated rings. The van der Waals surface area contributed by atoms with E-state index in [9.17, 15) is 0 Å². The molecular weight excluding hydrogens is 178 g/mol. The lowest BCUT2D eigenvalue weighted by molar-refractivity contribution is 0.0496. The second-order valence-electron chi connectivity index (χ2n) is 3.83. The van der Waals surface area contributed by atoms with Crippen LogP contribution in [-0.2, 0) is 16.8 Å². The van der Waals surface area contributed by atoms with Gasteiger partial charge in [0.25, 0.3) is 0 Å². The van der Waals surface area contributed by atoms with Crippen molar-refractivity contribution in [2.45, 2.75) is 31.8 Å². The maximum Gasteiger partial charge on any atom is 0.0948 e. The molecule has 78 valence electrons. The van der Waals surface area contributed by atoms with Gasteiger partial charge in [-0.15, -0.1) is 0 Å². The Morgan fingerprint density at radius 1 is 1.57 bits per heavy atom. The zero-order valence-electron chi connectivity index (χ0n) is 8.57. The van der Waals surface area contributed by atoms with Crippen LogP contribution in [0.5, 0.6) is 0 Å². The maximum atomic E-state index is 6.36. The van der Waals surface area contributed by atoms with Gasteiger partial charge in [0.15, 0.2) is 0 Å². The molecule has 0 amide bonds. The number of nitrogens with two attached hydrogens (primary N) is 1. The van der Waals surface area contributed by atoms with E-state index in [2.05, 4.69) is 16.5 Å². The van der Waals surface area contributed by atoms with Crippen molar-refractivity contribution in [3.05, 3.63) is 18.2 Å². The highest BCUT2D eigenvalue weighted by Gasteiger charge is 2.32. The molecule has 14 heavy (non-hydrogen) atoms. The van der Waals surface area contributed by atoms with Gasteiger partial charge in [0.1, 0.15) is 0 Å². The van der Waals surface area contributed by atoms with Crippen LogP contribution in [0.15, 0.2) is 12.5 Å². The van der Waals surface area contributed by atoms with Crippen molar-refractivity contribution in [1.29, 1.82) is 0 Å². The zero-order valence-corrected chi connectivity index (χ0v) is 8.57. The summed E-state index contributed by atoms with van der Waals surface area (Å²) in [7, 11) is 0. The van der Waals surface area contributed by atoms with E-state index in [1.54, 1.807) is 0 Å². The molecule has 0 aromatic carbocycles. The molecule has 0 saturated carbocycles.